The summed E-state index contributed by atoms with van der Waals surface area (Å²) in [4.78, 5) is 0. The summed E-state index contributed by atoms with van der Waals surface area (Å²) in [7, 11) is 0. The maximum atomic E-state index is 12.3. The Morgan fingerprint density at radius 2 is 1.80 bits per heavy atom. The van der Waals surface area contributed by atoms with E-state index in [1.807, 2.05) is 12.1 Å². The van der Waals surface area contributed by atoms with Gasteiger partial charge in [0.05, 0.1) is 0 Å². The van der Waals surface area contributed by atoms with Gasteiger partial charge in [-0.15, -0.1) is 0 Å². The molecule has 0 aliphatic heterocycles. The Kier molecular flexibility index (Phi) is 3.21. The van der Waals surface area contributed by atoms with E-state index in [1.165, 1.54) is 22.1 Å². The van der Waals surface area contributed by atoms with Crippen LogP contribution in [0.25, 0.3) is 0 Å². The summed E-state index contributed by atoms with van der Waals surface area (Å²) in [5.74, 6) is -0.149. The first-order valence-electron chi connectivity index (χ1n) is 3.18. The van der Waals surface area contributed by atoms with Gasteiger partial charge in [-0.25, -0.2) is 0 Å². The van der Waals surface area contributed by atoms with Crippen molar-refractivity contribution in [3.8, 4) is 0 Å². The summed E-state index contributed by atoms with van der Waals surface area (Å²) < 4.78 is 13.5. The van der Waals surface area contributed by atoms with Gasteiger partial charge in [-0.2, -0.15) is 0 Å². The van der Waals surface area contributed by atoms with E-state index in [2.05, 4.69) is 0 Å². The fraction of sp³-hybridized carbons (Fsp3) is 0.250. The van der Waals surface area contributed by atoms with Gasteiger partial charge >= 0.3 is 73.8 Å². The van der Waals surface area contributed by atoms with Crippen LogP contribution < -0.4 is 0 Å². The predicted octanol–water partition coefficient (Wildman–Crippen LogP) is 1.96. The van der Waals surface area contributed by atoms with Gasteiger partial charge in [0.15, 0.2) is 0 Å². The fourth-order valence-corrected chi connectivity index (χ4v) is 1.52. The van der Waals surface area contributed by atoms with E-state index in [0.29, 0.717) is 0 Å². The SMILES string of the molecule is Fc1ccc(C[CH2][Sb])cc1. The van der Waals surface area contributed by atoms with E-state index in [-0.39, 0.29) is 5.82 Å². The van der Waals surface area contributed by atoms with Crippen molar-refractivity contribution < 1.29 is 4.39 Å². The molecule has 0 unspecified atom stereocenters. The Labute approximate surface area is 73.9 Å². The Hall–Kier alpha value is -0.0318. The molecule has 1 aromatic carbocycles. The molecule has 0 fully saturated rings. The van der Waals surface area contributed by atoms with E-state index in [0.717, 1.165) is 6.42 Å². The number of aryl methyl sites for hydroxylation is 1. The van der Waals surface area contributed by atoms with Crippen LogP contribution in [0.3, 0.4) is 0 Å². The Morgan fingerprint density at radius 1 is 1.20 bits per heavy atom. The van der Waals surface area contributed by atoms with Crippen LogP contribution in [0, 0.1) is 5.82 Å². The van der Waals surface area contributed by atoms with Gasteiger partial charge < -0.3 is 0 Å². The van der Waals surface area contributed by atoms with Crippen molar-refractivity contribution in [1.29, 1.82) is 0 Å². The average molecular weight is 245 g/mol. The molecule has 1 aromatic rings. The van der Waals surface area contributed by atoms with Crippen molar-refractivity contribution in [2.24, 2.45) is 0 Å². The summed E-state index contributed by atoms with van der Waals surface area (Å²) in [6.07, 6.45) is 1.06. The van der Waals surface area contributed by atoms with Crippen LogP contribution in [0.1, 0.15) is 5.56 Å². The molecule has 1 rings (SSSR count). The third-order valence-corrected chi connectivity index (χ3v) is 1.95. The van der Waals surface area contributed by atoms with E-state index in [4.69, 9.17) is 0 Å². The molecule has 52 valence electrons. The first kappa shape index (κ1) is 8.07. The van der Waals surface area contributed by atoms with Crippen LogP contribution >= 0.6 is 0 Å². The number of hydrogen-bond donors (Lipinski definition) is 0. The van der Waals surface area contributed by atoms with Crippen molar-refractivity contribution in [2.75, 3.05) is 0 Å². The number of hydrogen-bond acceptors (Lipinski definition) is 0. The van der Waals surface area contributed by atoms with E-state index in [1.54, 1.807) is 23.0 Å². The van der Waals surface area contributed by atoms with Crippen molar-refractivity contribution in [3.63, 3.8) is 0 Å². The van der Waals surface area contributed by atoms with Gasteiger partial charge in [0, 0.05) is 0 Å². The summed E-state index contributed by atoms with van der Waals surface area (Å²) in [6.45, 7) is 0. The average Bonchev–Trinajstić information content (AvgIpc) is 1.95. The molecular weight excluding hydrogens is 237 g/mol. The summed E-state index contributed by atoms with van der Waals surface area (Å²) in [6, 6.07) is 6.70. The van der Waals surface area contributed by atoms with Gasteiger partial charge in [-0.3, -0.25) is 0 Å². The molecule has 0 aliphatic rings. The van der Waals surface area contributed by atoms with Crippen molar-refractivity contribution >= 4 is 23.0 Å². The van der Waals surface area contributed by atoms with Crippen molar-refractivity contribution in [3.05, 3.63) is 35.6 Å². The molecule has 0 saturated heterocycles. The van der Waals surface area contributed by atoms with Crippen LogP contribution in [0.2, 0.25) is 4.37 Å². The molecule has 0 spiro atoms. The van der Waals surface area contributed by atoms with Crippen molar-refractivity contribution in [2.45, 2.75) is 10.8 Å². The molecule has 0 bridgehead atoms. The molecule has 0 nitrogen and oxygen atoms in total. The summed E-state index contributed by atoms with van der Waals surface area (Å²) >= 11 is 1.80. The van der Waals surface area contributed by atoms with E-state index in [9.17, 15) is 4.39 Å². The maximum absolute atomic E-state index is 12.3. The second kappa shape index (κ2) is 3.98. The second-order valence-electron chi connectivity index (χ2n) is 2.10. The predicted molar refractivity (Wildman–Crippen MR) is 40.7 cm³/mol. The van der Waals surface area contributed by atoms with Gasteiger partial charge in [0.1, 0.15) is 0 Å². The van der Waals surface area contributed by atoms with Gasteiger partial charge in [0.2, 0.25) is 0 Å². The van der Waals surface area contributed by atoms with Crippen molar-refractivity contribution in [1.82, 2.24) is 0 Å². The monoisotopic (exact) mass is 244 g/mol. The fourth-order valence-electron chi connectivity index (χ4n) is 0.780. The zero-order chi connectivity index (χ0) is 7.40. The van der Waals surface area contributed by atoms with Gasteiger partial charge in [-0.1, -0.05) is 0 Å². The third kappa shape index (κ3) is 2.30. The normalized spacial score (nSPS) is 9.80. The zero-order valence-corrected chi connectivity index (χ0v) is 8.10. The van der Waals surface area contributed by atoms with E-state index >= 15 is 0 Å². The summed E-state index contributed by atoms with van der Waals surface area (Å²) in [5, 5.41) is 0. The third-order valence-electron chi connectivity index (χ3n) is 1.31. The Balaban J connectivity index is 2.69. The minimum absolute atomic E-state index is 0.149. The van der Waals surface area contributed by atoms with Crippen LogP contribution in [-0.2, 0) is 6.42 Å². The quantitative estimate of drug-likeness (QED) is 0.698. The first-order chi connectivity index (χ1) is 4.83. The second-order valence-corrected chi connectivity index (χ2v) is 3.38. The Morgan fingerprint density at radius 3 is 2.30 bits per heavy atom. The molecule has 10 heavy (non-hydrogen) atoms. The van der Waals surface area contributed by atoms with Crippen LogP contribution in [0.5, 0.6) is 0 Å². The first-order valence-corrected chi connectivity index (χ1v) is 4.99. The zero-order valence-electron chi connectivity index (χ0n) is 5.55. The molecule has 0 aromatic heterocycles. The number of rotatable bonds is 2. The van der Waals surface area contributed by atoms with Crippen LogP contribution in [0.15, 0.2) is 24.3 Å². The van der Waals surface area contributed by atoms with Crippen LogP contribution in [0.4, 0.5) is 4.39 Å². The molecule has 0 heterocycles. The molecule has 0 amide bonds. The van der Waals surface area contributed by atoms with Crippen LogP contribution in [-0.4, -0.2) is 23.0 Å². The van der Waals surface area contributed by atoms with Gasteiger partial charge in [0.25, 0.3) is 0 Å². The van der Waals surface area contributed by atoms with Gasteiger partial charge in [-0.05, 0) is 0 Å². The molecule has 0 saturated carbocycles. The molecule has 0 N–H and O–H groups in total. The number of halogens is 1. The standard InChI is InChI=1S/C8H8F.Sb/c1-2-7-3-5-8(9)6-4-7;/h3-6H,1-2H2;. The molecule has 2 heteroatoms. The minimum atomic E-state index is -0.149. The van der Waals surface area contributed by atoms with E-state index < -0.39 is 0 Å². The summed E-state index contributed by atoms with van der Waals surface area (Å²) in [5.41, 5.74) is 1.22. The number of benzene rings is 1. The topological polar surface area (TPSA) is 0 Å². The molecular formula is C8H8FSb. The molecule has 0 atom stereocenters. The molecule has 0 aliphatic carbocycles. The Bertz CT molecular complexity index is 193. The molecule has 2 radical (unpaired) electrons.